The van der Waals surface area contributed by atoms with Gasteiger partial charge in [0.15, 0.2) is 17.3 Å². The van der Waals surface area contributed by atoms with E-state index in [1.54, 1.807) is 19.1 Å². The lowest BCUT2D eigenvalue weighted by Gasteiger charge is -2.34. The molecule has 1 aliphatic rings. The lowest BCUT2D eigenvalue weighted by molar-refractivity contribution is 0.0519. The molecule has 1 aliphatic carbocycles. The van der Waals surface area contributed by atoms with Gasteiger partial charge < -0.3 is 4.74 Å². The second-order valence-electron chi connectivity index (χ2n) is 6.66. The van der Waals surface area contributed by atoms with Crippen LogP contribution in [0.5, 0.6) is 0 Å². The highest BCUT2D eigenvalue weighted by Gasteiger charge is 2.37. The number of aromatic amines is 1. The topological polar surface area (TPSA) is 55.0 Å². The largest absolute Gasteiger partial charge is 0.461 e. The van der Waals surface area contributed by atoms with Crippen molar-refractivity contribution in [2.75, 3.05) is 6.61 Å². The van der Waals surface area contributed by atoms with Crippen molar-refractivity contribution in [2.45, 2.75) is 18.8 Å². The zero-order chi connectivity index (χ0) is 19.7. The summed E-state index contributed by atoms with van der Waals surface area (Å²) in [4.78, 5) is 12.1. The van der Waals surface area contributed by atoms with Gasteiger partial charge >= 0.3 is 5.97 Å². The van der Waals surface area contributed by atoms with Crippen LogP contribution in [-0.4, -0.2) is 22.8 Å². The van der Waals surface area contributed by atoms with Gasteiger partial charge in [0.25, 0.3) is 0 Å². The molecule has 0 radical (unpaired) electrons. The van der Waals surface area contributed by atoms with Gasteiger partial charge in [0.1, 0.15) is 0 Å². The normalized spacial score (nSPS) is 18.0. The third-order valence-electron chi connectivity index (χ3n) is 5.07. The van der Waals surface area contributed by atoms with Crippen molar-refractivity contribution in [1.29, 1.82) is 0 Å². The molecule has 0 amide bonds. The molecule has 0 bridgehead atoms. The minimum absolute atomic E-state index is 0.222. The van der Waals surface area contributed by atoms with E-state index in [9.17, 15) is 13.6 Å². The molecule has 0 fully saturated rings. The summed E-state index contributed by atoms with van der Waals surface area (Å²) in [5.41, 5.74) is 2.44. The molecular weight excluding hydrogens is 362 g/mol. The summed E-state index contributed by atoms with van der Waals surface area (Å²) in [6, 6.07) is 13.5. The zero-order valence-corrected chi connectivity index (χ0v) is 15.2. The van der Waals surface area contributed by atoms with Gasteiger partial charge in [-0.05, 0) is 30.2 Å². The van der Waals surface area contributed by atoms with Gasteiger partial charge in [0.2, 0.25) is 0 Å². The van der Waals surface area contributed by atoms with Crippen LogP contribution in [0.25, 0.3) is 6.08 Å². The minimum Gasteiger partial charge on any atom is -0.461 e. The number of carbonyl (C=O) groups excluding carboxylic acids is 1. The Morgan fingerprint density at radius 1 is 1.14 bits per heavy atom. The van der Waals surface area contributed by atoms with Gasteiger partial charge in [-0.1, -0.05) is 48.6 Å². The molecular formula is C22H18F2N2O2. The zero-order valence-electron chi connectivity index (χ0n) is 15.2. The third-order valence-corrected chi connectivity index (χ3v) is 5.07. The monoisotopic (exact) mass is 380 g/mol. The van der Waals surface area contributed by atoms with E-state index in [4.69, 9.17) is 4.74 Å². The van der Waals surface area contributed by atoms with Crippen molar-refractivity contribution in [3.05, 3.63) is 94.3 Å². The number of H-pyrrole nitrogens is 1. The minimum atomic E-state index is -0.899. The van der Waals surface area contributed by atoms with E-state index in [2.05, 4.69) is 10.2 Å². The Hall–Kier alpha value is -3.28. The molecule has 3 aromatic rings. The molecule has 4 nitrogen and oxygen atoms in total. The molecule has 4 rings (SSSR count). The average Bonchev–Trinajstić information content (AvgIpc) is 3.14. The Labute approximate surface area is 160 Å². The van der Waals surface area contributed by atoms with Crippen LogP contribution in [0.4, 0.5) is 8.78 Å². The van der Waals surface area contributed by atoms with Gasteiger partial charge in [-0.3, -0.25) is 5.10 Å². The van der Waals surface area contributed by atoms with Crippen LogP contribution >= 0.6 is 0 Å². The van der Waals surface area contributed by atoms with Crippen LogP contribution in [0.1, 0.15) is 39.8 Å². The molecule has 28 heavy (non-hydrogen) atoms. The van der Waals surface area contributed by atoms with Crippen molar-refractivity contribution in [3.63, 3.8) is 0 Å². The van der Waals surface area contributed by atoms with Crippen molar-refractivity contribution < 1.29 is 18.3 Å². The highest BCUT2D eigenvalue weighted by Crippen LogP contribution is 2.42. The Kier molecular flexibility index (Phi) is 4.55. The van der Waals surface area contributed by atoms with Crippen molar-refractivity contribution >= 4 is 12.0 Å². The molecule has 1 heterocycles. The number of halogens is 2. The number of aromatic nitrogens is 2. The molecule has 1 aromatic heterocycles. The molecule has 1 atom stereocenters. The summed E-state index contributed by atoms with van der Waals surface area (Å²) < 4.78 is 32.6. The SMILES string of the molecule is CCOC(=O)c1n[nH]c2c1C=CC(c1ccccc1)(c1ccc(F)c(F)c1)C2. The van der Waals surface area contributed by atoms with E-state index in [1.807, 2.05) is 36.4 Å². The smallest absolute Gasteiger partial charge is 0.359 e. The predicted octanol–water partition coefficient (Wildman–Crippen LogP) is 4.42. The van der Waals surface area contributed by atoms with Crippen molar-refractivity contribution in [3.8, 4) is 0 Å². The lowest BCUT2D eigenvalue weighted by atomic mass is 9.68. The van der Waals surface area contributed by atoms with E-state index in [0.717, 1.165) is 17.3 Å². The van der Waals surface area contributed by atoms with Crippen LogP contribution in [0.3, 0.4) is 0 Å². The fourth-order valence-electron chi connectivity index (χ4n) is 3.69. The number of allylic oxidation sites excluding steroid dienone is 1. The number of nitrogens with zero attached hydrogens (tertiary/aromatic N) is 1. The first-order valence-electron chi connectivity index (χ1n) is 9.00. The highest BCUT2D eigenvalue weighted by atomic mass is 19.2. The predicted molar refractivity (Wildman–Crippen MR) is 101 cm³/mol. The van der Waals surface area contributed by atoms with E-state index in [-0.39, 0.29) is 12.3 Å². The second-order valence-corrected chi connectivity index (χ2v) is 6.66. The highest BCUT2D eigenvalue weighted by molar-refractivity contribution is 5.92. The van der Waals surface area contributed by atoms with Gasteiger partial charge in [0.05, 0.1) is 6.61 Å². The number of fused-ring (bicyclic) bond motifs is 1. The second kappa shape index (κ2) is 7.03. The third kappa shape index (κ3) is 2.91. The van der Waals surface area contributed by atoms with E-state index in [1.165, 1.54) is 6.07 Å². The first-order chi connectivity index (χ1) is 13.5. The Morgan fingerprint density at radius 3 is 2.64 bits per heavy atom. The van der Waals surface area contributed by atoms with Crippen molar-refractivity contribution in [2.24, 2.45) is 0 Å². The van der Waals surface area contributed by atoms with Crippen LogP contribution < -0.4 is 0 Å². The number of benzene rings is 2. The lowest BCUT2D eigenvalue weighted by Crippen LogP contribution is -2.31. The molecule has 1 N–H and O–H groups in total. The molecule has 142 valence electrons. The summed E-state index contributed by atoms with van der Waals surface area (Å²) >= 11 is 0. The molecule has 0 saturated heterocycles. The summed E-state index contributed by atoms with van der Waals surface area (Å²) in [7, 11) is 0. The van der Waals surface area contributed by atoms with E-state index in [0.29, 0.717) is 17.5 Å². The molecule has 0 spiro atoms. The van der Waals surface area contributed by atoms with Crippen LogP contribution in [0, 0.1) is 11.6 Å². The first-order valence-corrected chi connectivity index (χ1v) is 9.00. The molecule has 0 aliphatic heterocycles. The molecule has 1 unspecified atom stereocenters. The van der Waals surface area contributed by atoms with Crippen molar-refractivity contribution in [1.82, 2.24) is 10.2 Å². The molecule has 2 aromatic carbocycles. The fourth-order valence-corrected chi connectivity index (χ4v) is 3.69. The maximum Gasteiger partial charge on any atom is 0.359 e. The molecule has 0 saturated carbocycles. The maximum atomic E-state index is 14.0. The van der Waals surface area contributed by atoms with Gasteiger partial charge in [-0.2, -0.15) is 5.10 Å². The van der Waals surface area contributed by atoms with Gasteiger partial charge in [-0.25, -0.2) is 13.6 Å². The van der Waals surface area contributed by atoms with Crippen LogP contribution in [0.2, 0.25) is 0 Å². The fraction of sp³-hybridized carbons (Fsp3) is 0.182. The number of hydrogen-bond donors (Lipinski definition) is 1. The standard InChI is InChI=1S/C22H18F2N2O2/c1-2-28-21(27)20-16-10-11-22(13-19(16)25-26-20,14-6-4-3-5-7-14)15-8-9-17(23)18(24)12-15/h3-12H,2,13H2,1H3,(H,25,26). The average molecular weight is 380 g/mol. The summed E-state index contributed by atoms with van der Waals surface area (Å²) in [6.45, 7) is 1.99. The number of carbonyl (C=O) groups is 1. The van der Waals surface area contributed by atoms with Crippen LogP contribution in [-0.2, 0) is 16.6 Å². The maximum absolute atomic E-state index is 14.0. The Balaban J connectivity index is 1.85. The number of esters is 1. The number of ether oxygens (including phenoxy) is 1. The summed E-state index contributed by atoms with van der Waals surface area (Å²) in [5, 5.41) is 7.03. The van der Waals surface area contributed by atoms with Gasteiger partial charge in [0, 0.05) is 23.1 Å². The number of rotatable bonds is 4. The van der Waals surface area contributed by atoms with Crippen LogP contribution in [0.15, 0.2) is 54.6 Å². The first kappa shape index (κ1) is 18.1. The van der Waals surface area contributed by atoms with Gasteiger partial charge in [-0.15, -0.1) is 0 Å². The Morgan fingerprint density at radius 2 is 1.93 bits per heavy atom. The summed E-state index contributed by atoms with van der Waals surface area (Å²) in [6.07, 6.45) is 4.12. The quantitative estimate of drug-likeness (QED) is 0.682. The summed E-state index contributed by atoms with van der Waals surface area (Å²) in [5.74, 6) is -2.29. The Bertz CT molecular complexity index is 1060. The van der Waals surface area contributed by atoms with E-state index >= 15 is 0 Å². The number of nitrogens with one attached hydrogen (secondary N) is 1. The number of hydrogen-bond acceptors (Lipinski definition) is 3. The molecule has 6 heteroatoms. The van der Waals surface area contributed by atoms with E-state index < -0.39 is 23.0 Å².